The van der Waals surface area contributed by atoms with Crippen LogP contribution in [0.25, 0.3) is 10.2 Å². The smallest absolute Gasteiger partial charge is 0.325 e. The number of H-pyrrole nitrogens is 1. The maximum absolute atomic E-state index is 12.4. The highest BCUT2D eigenvalue weighted by Gasteiger charge is 2.18. The Morgan fingerprint density at radius 1 is 1.36 bits per heavy atom. The summed E-state index contributed by atoms with van der Waals surface area (Å²) in [6.45, 7) is 3.87. The van der Waals surface area contributed by atoms with Gasteiger partial charge in [0.1, 0.15) is 5.39 Å². The van der Waals surface area contributed by atoms with Crippen LogP contribution in [0.3, 0.4) is 0 Å². The van der Waals surface area contributed by atoms with Crippen LogP contribution in [0, 0.1) is 13.8 Å². The van der Waals surface area contributed by atoms with Crippen LogP contribution in [-0.4, -0.2) is 16.2 Å². The molecule has 0 saturated heterocycles. The quantitative estimate of drug-likeness (QED) is 0.544. The molecular formula is C17H17ClN3O2S2+. The molecule has 0 aliphatic carbocycles. The zero-order chi connectivity index (χ0) is 18.1. The Morgan fingerprint density at radius 3 is 2.88 bits per heavy atom. The maximum Gasteiger partial charge on any atom is 0.346 e. The van der Waals surface area contributed by atoms with E-state index in [2.05, 4.69) is 10.3 Å². The molecule has 1 amide bonds. The first-order valence-corrected chi connectivity index (χ1v) is 9.74. The number of rotatable bonds is 4. The molecule has 3 rings (SSSR count). The van der Waals surface area contributed by atoms with E-state index >= 15 is 0 Å². The molecule has 2 aromatic heterocycles. The summed E-state index contributed by atoms with van der Waals surface area (Å²) in [7, 11) is 1.70. The maximum atomic E-state index is 12.4. The number of halogens is 1. The first-order valence-electron chi connectivity index (χ1n) is 7.56. The number of hydrogen-bond acceptors (Lipinski definition) is 4. The van der Waals surface area contributed by atoms with E-state index in [1.54, 1.807) is 19.2 Å². The number of hydrogen-bond donors (Lipinski definition) is 1. The number of thioether (sulfide) groups is 1. The lowest BCUT2D eigenvalue weighted by Gasteiger charge is -2.08. The Kier molecular flexibility index (Phi) is 5.17. The van der Waals surface area contributed by atoms with Crippen molar-refractivity contribution in [3.8, 4) is 0 Å². The average molecular weight is 395 g/mol. The van der Waals surface area contributed by atoms with E-state index in [-0.39, 0.29) is 17.2 Å². The number of amides is 1. The Morgan fingerprint density at radius 2 is 2.12 bits per heavy atom. The van der Waals surface area contributed by atoms with Crippen LogP contribution in [0.15, 0.2) is 34.2 Å². The highest BCUT2D eigenvalue weighted by molar-refractivity contribution is 7.99. The second-order valence-corrected chi connectivity index (χ2v) is 8.35. The van der Waals surface area contributed by atoms with Crippen molar-refractivity contribution in [2.45, 2.75) is 19.0 Å². The number of carbonyl (C=O) groups is 1. The number of nitrogens with one attached hydrogen (secondary N) is 2. The molecule has 0 unspecified atom stereocenters. The minimum Gasteiger partial charge on any atom is -0.325 e. The molecule has 0 radical (unpaired) electrons. The Hall–Kier alpha value is -1.83. The second-order valence-electron chi connectivity index (χ2n) is 5.69. The molecule has 1 aromatic carbocycles. The lowest BCUT2D eigenvalue weighted by atomic mass is 10.2. The van der Waals surface area contributed by atoms with Crippen molar-refractivity contribution in [2.24, 2.45) is 7.05 Å². The van der Waals surface area contributed by atoms with Crippen LogP contribution in [-0.2, 0) is 11.8 Å². The predicted molar refractivity (Wildman–Crippen MR) is 104 cm³/mol. The van der Waals surface area contributed by atoms with Gasteiger partial charge in [0.25, 0.3) is 0 Å². The van der Waals surface area contributed by atoms with Gasteiger partial charge >= 0.3 is 10.7 Å². The summed E-state index contributed by atoms with van der Waals surface area (Å²) in [4.78, 5) is 29.8. The molecule has 2 N–H and O–H groups in total. The molecule has 130 valence electrons. The zero-order valence-electron chi connectivity index (χ0n) is 14.0. The van der Waals surface area contributed by atoms with Crippen molar-refractivity contribution in [1.82, 2.24) is 4.57 Å². The molecule has 5 nitrogen and oxygen atoms in total. The monoisotopic (exact) mass is 394 g/mol. The van der Waals surface area contributed by atoms with E-state index in [4.69, 9.17) is 11.6 Å². The molecule has 25 heavy (non-hydrogen) atoms. The standard InChI is InChI=1S/C17H16ClN3O2S2/c1-9-4-5-11(18)7-13(9)19-14(22)8-24-17-20-15-12(6-10(2)25-15)16(23)21(17)3/h4-7H,8H2,1-3H3,(H,19,22)/p+1. The molecule has 0 aliphatic heterocycles. The molecule has 0 spiro atoms. The SMILES string of the molecule is Cc1cc2c(=O)n(C)c(SCC(=O)Nc3cc(Cl)ccc3C)[nH+]c2s1. The average Bonchev–Trinajstić information content (AvgIpc) is 2.93. The molecular weight excluding hydrogens is 378 g/mol. The van der Waals surface area contributed by atoms with Crippen LogP contribution in [0.1, 0.15) is 10.4 Å². The fraction of sp³-hybridized carbons (Fsp3) is 0.235. The third kappa shape index (κ3) is 3.89. The van der Waals surface area contributed by atoms with Crippen molar-refractivity contribution in [2.75, 3.05) is 11.1 Å². The number of anilines is 1. The van der Waals surface area contributed by atoms with E-state index in [1.165, 1.54) is 27.7 Å². The van der Waals surface area contributed by atoms with E-state index < -0.39 is 0 Å². The van der Waals surface area contributed by atoms with Gasteiger partial charge in [-0.15, -0.1) is 0 Å². The van der Waals surface area contributed by atoms with Gasteiger partial charge < -0.3 is 5.32 Å². The van der Waals surface area contributed by atoms with Gasteiger partial charge in [-0.2, -0.15) is 4.57 Å². The summed E-state index contributed by atoms with van der Waals surface area (Å²) in [6.07, 6.45) is 0. The van der Waals surface area contributed by atoms with Gasteiger partial charge in [-0.1, -0.05) is 29.0 Å². The molecule has 3 aromatic rings. The summed E-state index contributed by atoms with van der Waals surface area (Å²) in [6, 6.07) is 7.24. The van der Waals surface area contributed by atoms with E-state index in [1.807, 2.05) is 26.0 Å². The highest BCUT2D eigenvalue weighted by atomic mass is 35.5. The minimum absolute atomic E-state index is 0.0632. The molecule has 8 heteroatoms. The van der Waals surface area contributed by atoms with Crippen LogP contribution in [0.2, 0.25) is 5.02 Å². The number of nitrogens with zero attached hydrogens (tertiary/aromatic N) is 1. The van der Waals surface area contributed by atoms with Crippen LogP contribution in [0.4, 0.5) is 5.69 Å². The van der Waals surface area contributed by atoms with Gasteiger partial charge in [-0.3, -0.25) is 4.79 Å². The molecule has 0 saturated carbocycles. The Labute approximate surface area is 158 Å². The highest BCUT2D eigenvalue weighted by Crippen LogP contribution is 2.22. The van der Waals surface area contributed by atoms with Crippen LogP contribution < -0.4 is 15.9 Å². The van der Waals surface area contributed by atoms with E-state index in [9.17, 15) is 9.59 Å². The summed E-state index contributed by atoms with van der Waals surface area (Å²) < 4.78 is 1.54. The molecule has 2 heterocycles. The van der Waals surface area contributed by atoms with Gasteiger partial charge in [-0.25, -0.2) is 9.78 Å². The third-order valence-corrected chi connectivity index (χ3v) is 5.99. The topological polar surface area (TPSA) is 65.2 Å². The van der Waals surface area contributed by atoms with Crippen molar-refractivity contribution in [3.63, 3.8) is 0 Å². The zero-order valence-corrected chi connectivity index (χ0v) is 16.4. The van der Waals surface area contributed by atoms with Gasteiger partial charge in [0.05, 0.1) is 12.8 Å². The van der Waals surface area contributed by atoms with Crippen molar-refractivity contribution < 1.29 is 9.78 Å². The molecule has 0 bridgehead atoms. The lowest BCUT2D eigenvalue weighted by molar-refractivity contribution is -0.404. The summed E-state index contributed by atoms with van der Waals surface area (Å²) in [5.41, 5.74) is 1.57. The third-order valence-electron chi connectivity index (χ3n) is 3.73. The first-order chi connectivity index (χ1) is 11.8. The fourth-order valence-corrected chi connectivity index (χ4v) is 4.33. The number of aromatic nitrogens is 2. The van der Waals surface area contributed by atoms with Crippen molar-refractivity contribution in [1.29, 1.82) is 0 Å². The van der Waals surface area contributed by atoms with Gasteiger partial charge in [0, 0.05) is 15.6 Å². The number of benzene rings is 1. The predicted octanol–water partition coefficient (Wildman–Crippen LogP) is 3.42. The summed E-state index contributed by atoms with van der Waals surface area (Å²) in [5, 5.41) is 4.75. The Bertz CT molecular complexity index is 1030. The van der Waals surface area contributed by atoms with Crippen molar-refractivity contribution in [3.05, 3.63) is 50.1 Å². The fourth-order valence-electron chi connectivity index (χ4n) is 2.40. The van der Waals surface area contributed by atoms with E-state index in [0.717, 1.165) is 15.3 Å². The van der Waals surface area contributed by atoms with Gasteiger partial charge in [-0.05, 0) is 49.4 Å². The number of carbonyl (C=O) groups excluding carboxylic acids is 1. The summed E-state index contributed by atoms with van der Waals surface area (Å²) in [5.74, 6) is 0.0321. The van der Waals surface area contributed by atoms with Crippen LogP contribution in [0.5, 0.6) is 0 Å². The number of fused-ring (bicyclic) bond motifs is 1. The molecule has 0 fully saturated rings. The van der Waals surface area contributed by atoms with Crippen molar-refractivity contribution >= 4 is 56.5 Å². The van der Waals surface area contributed by atoms with E-state index in [0.29, 0.717) is 21.3 Å². The summed E-state index contributed by atoms with van der Waals surface area (Å²) >= 11 is 8.79. The van der Waals surface area contributed by atoms with Crippen LogP contribution >= 0.6 is 34.7 Å². The Balaban J connectivity index is 1.76. The number of thiophene rings is 1. The number of aryl methyl sites for hydroxylation is 2. The van der Waals surface area contributed by atoms with Gasteiger partial charge in [0.15, 0.2) is 4.83 Å². The largest absolute Gasteiger partial charge is 0.346 e. The van der Waals surface area contributed by atoms with Gasteiger partial charge in [0.2, 0.25) is 5.91 Å². The lowest BCUT2D eigenvalue weighted by Crippen LogP contribution is -2.27. The minimum atomic E-state index is -0.154. The number of aromatic amines is 1. The molecule has 0 atom stereocenters. The first kappa shape index (κ1) is 18.0. The normalized spacial score (nSPS) is 11.0. The molecule has 0 aliphatic rings. The second kappa shape index (κ2) is 7.19.